The van der Waals surface area contributed by atoms with E-state index in [9.17, 15) is 17.2 Å². The summed E-state index contributed by atoms with van der Waals surface area (Å²) in [6.45, 7) is -0.0685. The fraction of sp³-hybridized carbons (Fsp3) is 0.400. The van der Waals surface area contributed by atoms with Gasteiger partial charge in [-0.15, -0.1) is 0 Å². The summed E-state index contributed by atoms with van der Waals surface area (Å²) in [5.41, 5.74) is 5.12. The van der Waals surface area contributed by atoms with Crippen LogP contribution in [0.3, 0.4) is 0 Å². The van der Waals surface area contributed by atoms with E-state index in [4.69, 9.17) is 10.5 Å². The molecule has 0 aliphatic heterocycles. The highest BCUT2D eigenvalue weighted by Gasteiger charge is 2.10. The molecule has 0 atom stereocenters. The summed E-state index contributed by atoms with van der Waals surface area (Å²) in [6.07, 6.45) is 0. The summed E-state index contributed by atoms with van der Waals surface area (Å²) < 4.78 is 52.8. The Kier molecular flexibility index (Phi) is 4.83. The molecule has 4 nitrogen and oxygen atoms in total. The first-order chi connectivity index (χ1) is 7.94. The van der Waals surface area contributed by atoms with Crippen LogP contribution >= 0.6 is 0 Å². The van der Waals surface area contributed by atoms with Crippen LogP contribution in [0.1, 0.15) is 0 Å². The van der Waals surface area contributed by atoms with Gasteiger partial charge >= 0.3 is 0 Å². The SMILES string of the molecule is NCCS(=O)(=O)CCOc1ccc(F)c(F)c1. The molecule has 1 aromatic carbocycles. The number of hydrogen-bond donors (Lipinski definition) is 1. The van der Waals surface area contributed by atoms with Crippen LogP contribution in [0.15, 0.2) is 18.2 Å². The Hall–Kier alpha value is -1.21. The Morgan fingerprint density at radius 1 is 1.18 bits per heavy atom. The predicted molar refractivity (Wildman–Crippen MR) is 59.6 cm³/mol. The lowest BCUT2D eigenvalue weighted by Gasteiger charge is -2.06. The number of ether oxygens (including phenoxy) is 1. The molecule has 0 heterocycles. The summed E-state index contributed by atoms with van der Waals surface area (Å²) in [7, 11) is -3.24. The molecule has 0 saturated heterocycles. The zero-order chi connectivity index (χ0) is 12.9. The molecule has 96 valence electrons. The Morgan fingerprint density at radius 3 is 2.47 bits per heavy atom. The van der Waals surface area contributed by atoms with E-state index in [0.717, 1.165) is 12.1 Å². The van der Waals surface area contributed by atoms with Gasteiger partial charge in [0.25, 0.3) is 0 Å². The fourth-order valence-electron chi connectivity index (χ4n) is 1.13. The highest BCUT2D eigenvalue weighted by atomic mass is 32.2. The molecular weight excluding hydrogens is 252 g/mol. The third-order valence-electron chi connectivity index (χ3n) is 1.98. The molecule has 0 amide bonds. The monoisotopic (exact) mass is 265 g/mol. The molecule has 0 aromatic heterocycles. The van der Waals surface area contributed by atoms with Crippen LogP contribution in [0.25, 0.3) is 0 Å². The van der Waals surface area contributed by atoms with Crippen molar-refractivity contribution in [3.63, 3.8) is 0 Å². The third kappa shape index (κ3) is 4.66. The van der Waals surface area contributed by atoms with Crippen LogP contribution < -0.4 is 10.5 Å². The normalized spacial score (nSPS) is 11.5. The Labute approximate surface area is 98.3 Å². The van der Waals surface area contributed by atoms with Crippen molar-refractivity contribution < 1.29 is 21.9 Å². The Morgan fingerprint density at radius 2 is 1.88 bits per heavy atom. The number of benzene rings is 1. The van der Waals surface area contributed by atoms with Gasteiger partial charge in [-0.2, -0.15) is 0 Å². The molecule has 17 heavy (non-hydrogen) atoms. The molecule has 0 unspecified atom stereocenters. The largest absolute Gasteiger partial charge is 0.492 e. The maximum Gasteiger partial charge on any atom is 0.162 e. The van der Waals surface area contributed by atoms with Crippen LogP contribution in [0.2, 0.25) is 0 Å². The average Bonchev–Trinajstić information content (AvgIpc) is 2.23. The first-order valence-corrected chi connectivity index (χ1v) is 6.75. The van der Waals surface area contributed by atoms with Crippen molar-refractivity contribution in [3.05, 3.63) is 29.8 Å². The van der Waals surface area contributed by atoms with Crippen molar-refractivity contribution in [2.75, 3.05) is 24.7 Å². The van der Waals surface area contributed by atoms with Gasteiger partial charge < -0.3 is 10.5 Å². The van der Waals surface area contributed by atoms with E-state index >= 15 is 0 Å². The van der Waals surface area contributed by atoms with Crippen molar-refractivity contribution in [1.29, 1.82) is 0 Å². The van der Waals surface area contributed by atoms with E-state index in [1.165, 1.54) is 6.07 Å². The molecule has 0 aliphatic rings. The van der Waals surface area contributed by atoms with Crippen molar-refractivity contribution >= 4 is 9.84 Å². The standard InChI is InChI=1S/C10H13F2NO3S/c11-9-2-1-8(7-10(9)12)16-4-6-17(14,15)5-3-13/h1-2,7H,3-6,13H2. The van der Waals surface area contributed by atoms with Crippen LogP contribution in [-0.4, -0.2) is 33.1 Å². The molecule has 0 bridgehead atoms. The van der Waals surface area contributed by atoms with E-state index in [-0.39, 0.29) is 30.4 Å². The highest BCUT2D eigenvalue weighted by Crippen LogP contribution is 2.15. The molecule has 1 aromatic rings. The minimum atomic E-state index is -3.24. The number of nitrogens with two attached hydrogens (primary N) is 1. The van der Waals surface area contributed by atoms with Gasteiger partial charge in [0, 0.05) is 12.6 Å². The van der Waals surface area contributed by atoms with Crippen molar-refractivity contribution in [3.8, 4) is 5.75 Å². The minimum Gasteiger partial charge on any atom is -0.492 e. The lowest BCUT2D eigenvalue weighted by atomic mass is 10.3. The maximum absolute atomic E-state index is 12.8. The first kappa shape index (κ1) is 13.9. The van der Waals surface area contributed by atoms with Crippen molar-refractivity contribution in [1.82, 2.24) is 0 Å². The molecule has 0 fully saturated rings. The summed E-state index contributed by atoms with van der Waals surface area (Å²) in [5, 5.41) is 0. The molecule has 1 rings (SSSR count). The molecule has 0 radical (unpaired) electrons. The summed E-state index contributed by atoms with van der Waals surface area (Å²) >= 11 is 0. The van der Waals surface area contributed by atoms with Crippen LogP contribution in [0.4, 0.5) is 8.78 Å². The van der Waals surface area contributed by atoms with E-state index in [1.807, 2.05) is 0 Å². The smallest absolute Gasteiger partial charge is 0.162 e. The fourth-order valence-corrected chi connectivity index (χ4v) is 2.04. The van der Waals surface area contributed by atoms with Gasteiger partial charge in [-0.1, -0.05) is 0 Å². The summed E-state index contributed by atoms with van der Waals surface area (Å²) in [4.78, 5) is 0. The molecule has 0 saturated carbocycles. The van der Waals surface area contributed by atoms with Crippen LogP contribution in [0, 0.1) is 11.6 Å². The second-order valence-corrected chi connectivity index (χ2v) is 5.67. The molecule has 0 spiro atoms. The molecule has 7 heteroatoms. The maximum atomic E-state index is 12.8. The first-order valence-electron chi connectivity index (χ1n) is 4.93. The van der Waals surface area contributed by atoms with E-state index in [0.29, 0.717) is 0 Å². The van der Waals surface area contributed by atoms with Crippen molar-refractivity contribution in [2.45, 2.75) is 0 Å². The minimum absolute atomic E-state index is 0.0491. The summed E-state index contributed by atoms with van der Waals surface area (Å²) in [5.74, 6) is -2.25. The second kappa shape index (κ2) is 5.92. The van der Waals surface area contributed by atoms with E-state index in [1.54, 1.807) is 0 Å². The molecular formula is C10H13F2NO3S. The Bertz CT molecular complexity index is 476. The zero-order valence-corrected chi connectivity index (χ0v) is 9.84. The van der Waals surface area contributed by atoms with Gasteiger partial charge in [0.1, 0.15) is 12.4 Å². The van der Waals surface area contributed by atoms with Gasteiger partial charge in [0.2, 0.25) is 0 Å². The number of sulfone groups is 1. The van der Waals surface area contributed by atoms with Crippen LogP contribution in [0.5, 0.6) is 5.75 Å². The predicted octanol–water partition coefficient (Wildman–Crippen LogP) is 0.717. The highest BCUT2D eigenvalue weighted by molar-refractivity contribution is 7.91. The van der Waals surface area contributed by atoms with Gasteiger partial charge in [-0.3, -0.25) is 0 Å². The number of rotatable bonds is 6. The van der Waals surface area contributed by atoms with Gasteiger partial charge in [-0.25, -0.2) is 17.2 Å². The summed E-state index contributed by atoms with van der Waals surface area (Å²) in [6, 6.07) is 3.01. The molecule has 2 N–H and O–H groups in total. The third-order valence-corrected chi connectivity index (χ3v) is 3.63. The van der Waals surface area contributed by atoms with E-state index in [2.05, 4.69) is 0 Å². The number of hydrogen-bond acceptors (Lipinski definition) is 4. The lowest BCUT2D eigenvalue weighted by molar-refractivity contribution is 0.337. The van der Waals surface area contributed by atoms with Gasteiger partial charge in [0.05, 0.1) is 11.5 Å². The van der Waals surface area contributed by atoms with E-state index < -0.39 is 21.5 Å². The average molecular weight is 265 g/mol. The van der Waals surface area contributed by atoms with Gasteiger partial charge in [-0.05, 0) is 12.1 Å². The second-order valence-electron chi connectivity index (χ2n) is 3.36. The lowest BCUT2D eigenvalue weighted by Crippen LogP contribution is -2.22. The quantitative estimate of drug-likeness (QED) is 0.822. The zero-order valence-electron chi connectivity index (χ0n) is 9.03. The topological polar surface area (TPSA) is 69.4 Å². The van der Waals surface area contributed by atoms with Crippen molar-refractivity contribution in [2.24, 2.45) is 5.73 Å². The van der Waals surface area contributed by atoms with Gasteiger partial charge in [0.15, 0.2) is 21.5 Å². The van der Waals surface area contributed by atoms with Crippen LogP contribution in [-0.2, 0) is 9.84 Å². The Balaban J connectivity index is 2.49. The molecule has 0 aliphatic carbocycles. The number of halogens is 2.